The molecule has 0 aromatic heterocycles. The molecule has 0 bridgehead atoms. The second-order valence-electron chi connectivity index (χ2n) is 8.94. The third-order valence-electron chi connectivity index (χ3n) is 6.66. The summed E-state index contributed by atoms with van der Waals surface area (Å²) in [5, 5.41) is 19.8. The lowest BCUT2D eigenvalue weighted by Gasteiger charge is -2.40. The van der Waals surface area contributed by atoms with Crippen molar-refractivity contribution in [2.24, 2.45) is 5.41 Å². The van der Waals surface area contributed by atoms with Gasteiger partial charge in [0.1, 0.15) is 5.41 Å². The highest BCUT2D eigenvalue weighted by Crippen LogP contribution is 2.47. The molecule has 0 aliphatic rings. The van der Waals surface area contributed by atoms with Gasteiger partial charge in [0.2, 0.25) is 4.75 Å². The Morgan fingerprint density at radius 3 is 1.23 bits per heavy atom. The first-order valence-electron chi connectivity index (χ1n) is 11.9. The lowest BCUT2D eigenvalue weighted by atomic mass is 9.68. The van der Waals surface area contributed by atoms with E-state index in [1.807, 2.05) is 0 Å². The SMILES string of the molecule is CCCCCCCCCC(CCCCCCCCC)(C(=O)O)C(C)(C(=O)O)S(=O)(=O)O. The number of carboxylic acid groups (broad SMARTS) is 2. The summed E-state index contributed by atoms with van der Waals surface area (Å²) in [5.74, 6) is -3.28. The van der Waals surface area contributed by atoms with Gasteiger partial charge in [-0.1, -0.05) is 104 Å². The van der Waals surface area contributed by atoms with Crippen LogP contribution in [0.5, 0.6) is 0 Å². The highest BCUT2D eigenvalue weighted by molar-refractivity contribution is 7.88. The first-order valence-corrected chi connectivity index (χ1v) is 13.4. The fraction of sp³-hybridized carbons (Fsp3) is 0.913. The summed E-state index contributed by atoms with van der Waals surface area (Å²) >= 11 is 0. The van der Waals surface area contributed by atoms with Crippen LogP contribution < -0.4 is 0 Å². The number of aliphatic carboxylic acids is 2. The molecule has 0 saturated heterocycles. The minimum absolute atomic E-state index is 0.0888. The molecule has 0 aliphatic carbocycles. The second-order valence-corrected chi connectivity index (χ2v) is 10.7. The number of unbranched alkanes of at least 4 members (excludes halogenated alkanes) is 12. The predicted octanol–water partition coefficient (Wildman–Crippen LogP) is 6.07. The summed E-state index contributed by atoms with van der Waals surface area (Å²) in [4.78, 5) is 24.4. The predicted molar refractivity (Wildman–Crippen MR) is 123 cm³/mol. The number of hydrogen-bond donors (Lipinski definition) is 3. The monoisotopic (exact) mass is 464 g/mol. The van der Waals surface area contributed by atoms with E-state index in [4.69, 9.17) is 0 Å². The van der Waals surface area contributed by atoms with Gasteiger partial charge in [-0.25, -0.2) is 0 Å². The minimum Gasteiger partial charge on any atom is -0.481 e. The van der Waals surface area contributed by atoms with Gasteiger partial charge in [0.25, 0.3) is 10.1 Å². The Morgan fingerprint density at radius 2 is 0.968 bits per heavy atom. The molecule has 0 amide bonds. The average Bonchev–Trinajstić information content (AvgIpc) is 2.69. The Labute approximate surface area is 188 Å². The van der Waals surface area contributed by atoms with Crippen LogP contribution in [-0.2, 0) is 19.7 Å². The maximum atomic E-state index is 12.4. The molecular formula is C23H44O7S. The van der Waals surface area contributed by atoms with Gasteiger partial charge in [0.05, 0.1) is 0 Å². The summed E-state index contributed by atoms with van der Waals surface area (Å²) in [6.45, 7) is 5.08. The molecule has 8 heteroatoms. The summed E-state index contributed by atoms with van der Waals surface area (Å²) in [5.41, 5.74) is -2.07. The fourth-order valence-electron chi connectivity index (χ4n) is 4.35. The fourth-order valence-corrected chi connectivity index (χ4v) is 5.36. The van der Waals surface area contributed by atoms with E-state index < -0.39 is 32.2 Å². The van der Waals surface area contributed by atoms with Crippen molar-refractivity contribution in [2.75, 3.05) is 0 Å². The van der Waals surface area contributed by atoms with E-state index in [1.54, 1.807) is 0 Å². The summed E-state index contributed by atoms with van der Waals surface area (Å²) in [7, 11) is -5.16. The van der Waals surface area contributed by atoms with Crippen molar-refractivity contribution in [2.45, 2.75) is 128 Å². The molecule has 0 aliphatic heterocycles. The van der Waals surface area contributed by atoms with Crippen molar-refractivity contribution in [3.8, 4) is 0 Å². The number of carboxylic acids is 2. The van der Waals surface area contributed by atoms with Crippen molar-refractivity contribution >= 4 is 22.1 Å². The van der Waals surface area contributed by atoms with Crippen LogP contribution in [0.2, 0.25) is 0 Å². The van der Waals surface area contributed by atoms with Crippen LogP contribution in [0.3, 0.4) is 0 Å². The summed E-state index contributed by atoms with van der Waals surface area (Å²) in [6.07, 6.45) is 12.6. The standard InChI is InChI=1S/C23H44O7S/c1-4-6-8-10-12-14-16-18-23(21(26)27,19-17-15-13-11-9-7-5-2)22(3,20(24)25)31(28,29)30/h4-19H2,1-3H3,(H,24,25)(H,26,27)(H,28,29,30). The van der Waals surface area contributed by atoms with Crippen LogP contribution in [0.1, 0.15) is 124 Å². The van der Waals surface area contributed by atoms with Gasteiger partial charge in [-0.2, -0.15) is 8.42 Å². The van der Waals surface area contributed by atoms with Crippen LogP contribution >= 0.6 is 0 Å². The molecule has 0 radical (unpaired) electrons. The van der Waals surface area contributed by atoms with Gasteiger partial charge in [-0.15, -0.1) is 0 Å². The zero-order chi connectivity index (χ0) is 24.0. The van der Waals surface area contributed by atoms with E-state index >= 15 is 0 Å². The maximum Gasteiger partial charge on any atom is 0.328 e. The zero-order valence-electron chi connectivity index (χ0n) is 19.7. The molecule has 1 atom stereocenters. The molecule has 0 heterocycles. The molecule has 3 N–H and O–H groups in total. The average molecular weight is 465 g/mol. The minimum atomic E-state index is -5.16. The number of hydrogen-bond acceptors (Lipinski definition) is 4. The van der Waals surface area contributed by atoms with E-state index in [0.717, 1.165) is 71.1 Å². The zero-order valence-corrected chi connectivity index (χ0v) is 20.5. The van der Waals surface area contributed by atoms with Crippen LogP contribution in [0.4, 0.5) is 0 Å². The molecule has 1 unspecified atom stereocenters. The van der Waals surface area contributed by atoms with Crippen molar-refractivity contribution in [1.29, 1.82) is 0 Å². The second kappa shape index (κ2) is 14.8. The van der Waals surface area contributed by atoms with Crippen molar-refractivity contribution in [3.63, 3.8) is 0 Å². The van der Waals surface area contributed by atoms with Crippen LogP contribution in [0, 0.1) is 5.41 Å². The van der Waals surface area contributed by atoms with Gasteiger partial charge < -0.3 is 10.2 Å². The smallest absolute Gasteiger partial charge is 0.328 e. The van der Waals surface area contributed by atoms with E-state index in [-0.39, 0.29) is 12.8 Å². The third kappa shape index (κ3) is 8.72. The van der Waals surface area contributed by atoms with Crippen LogP contribution in [-0.4, -0.2) is 39.9 Å². The highest BCUT2D eigenvalue weighted by atomic mass is 32.2. The van der Waals surface area contributed by atoms with Crippen LogP contribution in [0.25, 0.3) is 0 Å². The largest absolute Gasteiger partial charge is 0.481 e. The Bertz CT molecular complexity index is 612. The molecule has 0 saturated carbocycles. The molecule has 0 spiro atoms. The Hall–Kier alpha value is -1.15. The van der Waals surface area contributed by atoms with Crippen LogP contribution in [0.15, 0.2) is 0 Å². The van der Waals surface area contributed by atoms with E-state index in [0.29, 0.717) is 25.7 Å². The normalized spacial score (nSPS) is 14.3. The van der Waals surface area contributed by atoms with Crippen molar-refractivity contribution in [3.05, 3.63) is 0 Å². The molecular weight excluding hydrogens is 420 g/mol. The molecule has 184 valence electrons. The first-order chi connectivity index (χ1) is 14.5. The molecule has 0 rings (SSSR count). The quantitative estimate of drug-likeness (QED) is 0.147. The Balaban J connectivity index is 5.44. The van der Waals surface area contributed by atoms with Gasteiger partial charge in [-0.3, -0.25) is 14.1 Å². The van der Waals surface area contributed by atoms with Gasteiger partial charge >= 0.3 is 11.9 Å². The Morgan fingerprint density at radius 1 is 0.645 bits per heavy atom. The van der Waals surface area contributed by atoms with Gasteiger partial charge in [0, 0.05) is 0 Å². The van der Waals surface area contributed by atoms with Crippen molar-refractivity contribution in [1.82, 2.24) is 0 Å². The lowest BCUT2D eigenvalue weighted by Crippen LogP contribution is -2.60. The third-order valence-corrected chi connectivity index (χ3v) is 8.26. The summed E-state index contributed by atoms with van der Waals surface area (Å²) < 4.78 is 31.4. The van der Waals surface area contributed by atoms with Gasteiger partial charge in [-0.05, 0) is 19.8 Å². The first kappa shape index (κ1) is 29.9. The van der Waals surface area contributed by atoms with Gasteiger partial charge in [0.15, 0.2) is 0 Å². The number of carbonyl (C=O) groups is 2. The highest BCUT2D eigenvalue weighted by Gasteiger charge is 2.65. The molecule has 7 nitrogen and oxygen atoms in total. The molecule has 0 aromatic rings. The maximum absolute atomic E-state index is 12.4. The summed E-state index contributed by atoms with van der Waals surface area (Å²) in [6, 6.07) is 0. The Kier molecular flexibility index (Phi) is 14.3. The molecule has 0 aromatic carbocycles. The topological polar surface area (TPSA) is 129 Å². The molecule has 31 heavy (non-hydrogen) atoms. The van der Waals surface area contributed by atoms with E-state index in [9.17, 15) is 32.8 Å². The molecule has 0 fully saturated rings. The van der Waals surface area contributed by atoms with E-state index in [2.05, 4.69) is 13.8 Å². The van der Waals surface area contributed by atoms with E-state index in [1.165, 1.54) is 0 Å². The lowest BCUT2D eigenvalue weighted by molar-refractivity contribution is -0.161. The van der Waals surface area contributed by atoms with Crippen molar-refractivity contribution < 1.29 is 32.8 Å². The number of rotatable bonds is 20.